The van der Waals surface area contributed by atoms with Crippen molar-refractivity contribution in [3.63, 3.8) is 0 Å². The van der Waals surface area contributed by atoms with E-state index < -0.39 is 0 Å². The van der Waals surface area contributed by atoms with Gasteiger partial charge in [0.25, 0.3) is 0 Å². The number of hydrogen-bond donors (Lipinski definition) is 1. The van der Waals surface area contributed by atoms with Gasteiger partial charge in [0.1, 0.15) is 11.5 Å². The zero-order valence-corrected chi connectivity index (χ0v) is 10.3. The number of hydrogen-bond acceptors (Lipinski definition) is 3. The number of benzene rings is 2. The molecule has 0 spiro atoms. The Labute approximate surface area is 111 Å². The molecule has 0 aliphatic carbocycles. The maximum absolute atomic E-state index is 5.73. The molecule has 0 saturated heterocycles. The summed E-state index contributed by atoms with van der Waals surface area (Å²) in [7, 11) is 0. The van der Waals surface area contributed by atoms with Gasteiger partial charge in [-0.2, -0.15) is 15.4 Å². The van der Waals surface area contributed by atoms with Crippen LogP contribution in [0.25, 0.3) is 0 Å². The van der Waals surface area contributed by atoms with E-state index in [-0.39, 0.29) is 0 Å². The molecular weight excluding hydrogens is 238 g/mol. The summed E-state index contributed by atoms with van der Waals surface area (Å²) in [6.45, 7) is 0. The van der Waals surface area contributed by atoms with Crippen molar-refractivity contribution in [2.45, 2.75) is 6.42 Å². The van der Waals surface area contributed by atoms with E-state index >= 15 is 0 Å². The molecule has 4 heteroatoms. The molecule has 3 aromatic rings. The molecule has 0 fully saturated rings. The van der Waals surface area contributed by atoms with E-state index in [0.29, 0.717) is 0 Å². The standard InChI is InChI=1S/C15H13N3O/c1-2-4-14(5-3-1)19-15-8-6-12(7-9-15)10-13-11-16-18-17-13/h1-9,11H,10H2,(H,16,17,18). The number of nitrogens with zero attached hydrogens (tertiary/aromatic N) is 2. The fourth-order valence-corrected chi connectivity index (χ4v) is 1.82. The highest BCUT2D eigenvalue weighted by Crippen LogP contribution is 2.21. The van der Waals surface area contributed by atoms with Gasteiger partial charge in [0.05, 0.1) is 11.9 Å². The third-order valence-corrected chi connectivity index (χ3v) is 2.75. The van der Waals surface area contributed by atoms with Crippen LogP contribution in [0.2, 0.25) is 0 Å². The zero-order valence-electron chi connectivity index (χ0n) is 10.3. The van der Waals surface area contributed by atoms with Gasteiger partial charge in [0, 0.05) is 6.42 Å². The number of ether oxygens (including phenoxy) is 1. The van der Waals surface area contributed by atoms with E-state index in [4.69, 9.17) is 4.74 Å². The van der Waals surface area contributed by atoms with Gasteiger partial charge < -0.3 is 4.74 Å². The molecule has 19 heavy (non-hydrogen) atoms. The minimum Gasteiger partial charge on any atom is -0.457 e. The highest BCUT2D eigenvalue weighted by atomic mass is 16.5. The van der Waals surface area contributed by atoms with Crippen molar-refractivity contribution >= 4 is 0 Å². The van der Waals surface area contributed by atoms with E-state index in [0.717, 1.165) is 23.6 Å². The number of aromatic nitrogens is 3. The normalized spacial score (nSPS) is 10.3. The Balaban J connectivity index is 1.69. The van der Waals surface area contributed by atoms with Crippen molar-refractivity contribution in [3.05, 3.63) is 72.1 Å². The van der Waals surface area contributed by atoms with Crippen molar-refractivity contribution in [1.29, 1.82) is 0 Å². The molecule has 94 valence electrons. The summed E-state index contributed by atoms with van der Waals surface area (Å²) in [5.74, 6) is 1.67. The molecular formula is C15H13N3O. The van der Waals surface area contributed by atoms with E-state index in [1.54, 1.807) is 6.20 Å². The van der Waals surface area contributed by atoms with Crippen LogP contribution in [0.1, 0.15) is 11.3 Å². The van der Waals surface area contributed by atoms with Crippen LogP contribution in [0.3, 0.4) is 0 Å². The average molecular weight is 251 g/mol. The van der Waals surface area contributed by atoms with Crippen LogP contribution in [0.5, 0.6) is 11.5 Å². The van der Waals surface area contributed by atoms with Gasteiger partial charge in [-0.25, -0.2) is 0 Å². The van der Waals surface area contributed by atoms with Crippen LogP contribution in [0.15, 0.2) is 60.8 Å². The molecule has 0 aliphatic rings. The highest BCUT2D eigenvalue weighted by molar-refractivity contribution is 5.33. The van der Waals surface area contributed by atoms with Gasteiger partial charge in [-0.15, -0.1) is 0 Å². The number of H-pyrrole nitrogens is 1. The number of aromatic amines is 1. The molecule has 1 aromatic heterocycles. The fraction of sp³-hybridized carbons (Fsp3) is 0.0667. The summed E-state index contributed by atoms with van der Waals surface area (Å²) in [6, 6.07) is 17.7. The predicted molar refractivity (Wildman–Crippen MR) is 72.1 cm³/mol. The van der Waals surface area contributed by atoms with Gasteiger partial charge in [0.15, 0.2) is 0 Å². The summed E-state index contributed by atoms with van der Waals surface area (Å²) in [5.41, 5.74) is 2.10. The molecule has 0 radical (unpaired) electrons. The maximum Gasteiger partial charge on any atom is 0.127 e. The van der Waals surface area contributed by atoms with Crippen molar-refractivity contribution in [1.82, 2.24) is 15.4 Å². The summed E-state index contributed by atoms with van der Waals surface area (Å²) < 4.78 is 5.73. The Hall–Kier alpha value is -2.62. The molecule has 0 aliphatic heterocycles. The fourth-order valence-electron chi connectivity index (χ4n) is 1.82. The SMILES string of the molecule is c1ccc(Oc2ccc(Cc3cn[nH]n3)cc2)cc1. The summed E-state index contributed by atoms with van der Waals surface area (Å²) in [4.78, 5) is 0. The Morgan fingerprint density at radius 1 is 0.895 bits per heavy atom. The number of para-hydroxylation sites is 1. The summed E-state index contributed by atoms with van der Waals surface area (Å²) in [6.07, 6.45) is 2.50. The zero-order chi connectivity index (χ0) is 12.9. The van der Waals surface area contributed by atoms with Crippen molar-refractivity contribution in [3.8, 4) is 11.5 Å². The molecule has 1 N–H and O–H groups in total. The van der Waals surface area contributed by atoms with Gasteiger partial charge in [0.2, 0.25) is 0 Å². The first-order chi connectivity index (χ1) is 9.40. The predicted octanol–water partition coefficient (Wildman–Crippen LogP) is 3.19. The van der Waals surface area contributed by atoms with E-state index in [1.807, 2.05) is 54.6 Å². The molecule has 3 rings (SSSR count). The van der Waals surface area contributed by atoms with Crippen molar-refractivity contribution in [2.24, 2.45) is 0 Å². The quantitative estimate of drug-likeness (QED) is 0.774. The average Bonchev–Trinajstić information content (AvgIpc) is 2.95. The topological polar surface area (TPSA) is 50.8 Å². The summed E-state index contributed by atoms with van der Waals surface area (Å²) in [5, 5.41) is 10.4. The molecule has 0 amide bonds. The largest absolute Gasteiger partial charge is 0.457 e. The van der Waals surface area contributed by atoms with Crippen LogP contribution in [0, 0.1) is 0 Å². The Morgan fingerprint density at radius 3 is 2.32 bits per heavy atom. The lowest BCUT2D eigenvalue weighted by molar-refractivity contribution is 0.482. The van der Waals surface area contributed by atoms with Gasteiger partial charge in [-0.1, -0.05) is 30.3 Å². The Kier molecular flexibility index (Phi) is 3.23. The van der Waals surface area contributed by atoms with Crippen LogP contribution >= 0.6 is 0 Å². The first kappa shape index (κ1) is 11.5. The second kappa shape index (κ2) is 5.35. The van der Waals surface area contributed by atoms with E-state index in [2.05, 4.69) is 15.4 Å². The molecule has 0 atom stereocenters. The van der Waals surface area contributed by atoms with Gasteiger partial charge in [-0.3, -0.25) is 0 Å². The van der Waals surface area contributed by atoms with Crippen molar-refractivity contribution < 1.29 is 4.74 Å². The molecule has 4 nitrogen and oxygen atoms in total. The molecule has 0 bridgehead atoms. The lowest BCUT2D eigenvalue weighted by Gasteiger charge is -2.06. The van der Waals surface area contributed by atoms with Gasteiger partial charge in [-0.05, 0) is 29.8 Å². The first-order valence-electron chi connectivity index (χ1n) is 6.07. The molecule has 2 aromatic carbocycles. The van der Waals surface area contributed by atoms with Crippen molar-refractivity contribution in [2.75, 3.05) is 0 Å². The van der Waals surface area contributed by atoms with E-state index in [1.165, 1.54) is 5.56 Å². The van der Waals surface area contributed by atoms with Crippen LogP contribution in [-0.4, -0.2) is 15.4 Å². The molecule has 0 saturated carbocycles. The highest BCUT2D eigenvalue weighted by Gasteiger charge is 2.00. The third-order valence-electron chi connectivity index (χ3n) is 2.75. The third kappa shape index (κ3) is 2.98. The maximum atomic E-state index is 5.73. The number of rotatable bonds is 4. The Morgan fingerprint density at radius 2 is 1.63 bits per heavy atom. The minimum atomic E-state index is 0.766. The smallest absolute Gasteiger partial charge is 0.127 e. The lowest BCUT2D eigenvalue weighted by Crippen LogP contribution is -1.89. The van der Waals surface area contributed by atoms with Crippen LogP contribution in [0.4, 0.5) is 0 Å². The first-order valence-corrected chi connectivity index (χ1v) is 6.07. The second-order valence-electron chi connectivity index (χ2n) is 4.20. The Bertz CT molecular complexity index is 618. The van der Waals surface area contributed by atoms with Crippen LogP contribution in [-0.2, 0) is 6.42 Å². The van der Waals surface area contributed by atoms with Crippen LogP contribution < -0.4 is 4.74 Å². The van der Waals surface area contributed by atoms with Gasteiger partial charge >= 0.3 is 0 Å². The molecule has 1 heterocycles. The second-order valence-corrected chi connectivity index (χ2v) is 4.20. The summed E-state index contributed by atoms with van der Waals surface area (Å²) >= 11 is 0. The minimum absolute atomic E-state index is 0.766. The molecule has 0 unspecified atom stereocenters. The number of nitrogens with one attached hydrogen (secondary N) is 1. The lowest BCUT2D eigenvalue weighted by atomic mass is 10.1. The monoisotopic (exact) mass is 251 g/mol. The van der Waals surface area contributed by atoms with E-state index in [9.17, 15) is 0 Å².